The monoisotopic (exact) mass is 250 g/mol. The lowest BCUT2D eigenvalue weighted by Crippen LogP contribution is -2.41. The van der Waals surface area contributed by atoms with Crippen molar-refractivity contribution < 1.29 is 4.39 Å². The molecule has 2 rings (SSSR count). The van der Waals surface area contributed by atoms with Crippen molar-refractivity contribution in [2.45, 2.75) is 32.2 Å². The van der Waals surface area contributed by atoms with Crippen LogP contribution in [-0.4, -0.2) is 19.6 Å². The van der Waals surface area contributed by atoms with E-state index in [9.17, 15) is 4.39 Å². The average Bonchev–Trinajstić information content (AvgIpc) is 2.34. The molecule has 3 unspecified atom stereocenters. The molecule has 1 aromatic rings. The van der Waals surface area contributed by atoms with Crippen molar-refractivity contribution in [2.24, 2.45) is 17.6 Å². The normalized spacial score (nSPS) is 28.1. The summed E-state index contributed by atoms with van der Waals surface area (Å²) in [5, 5.41) is 0. The third-order valence-electron chi connectivity index (χ3n) is 4.06. The minimum Gasteiger partial charge on any atom is -0.374 e. The Labute approximate surface area is 109 Å². The van der Waals surface area contributed by atoms with Crippen molar-refractivity contribution in [3.05, 3.63) is 30.1 Å². The Morgan fingerprint density at radius 1 is 1.39 bits per heavy atom. The maximum absolute atomic E-state index is 13.2. The molecule has 0 spiro atoms. The molecule has 2 N–H and O–H groups in total. The number of nitrogens with zero attached hydrogens (tertiary/aromatic N) is 1. The molecular weight excluding hydrogens is 227 g/mol. The summed E-state index contributed by atoms with van der Waals surface area (Å²) in [5.41, 5.74) is 7.13. The molecule has 2 nitrogen and oxygen atoms in total. The van der Waals surface area contributed by atoms with Crippen LogP contribution in [0.4, 0.5) is 10.1 Å². The summed E-state index contributed by atoms with van der Waals surface area (Å²) in [5.74, 6) is 1.10. The number of benzene rings is 1. The van der Waals surface area contributed by atoms with E-state index in [1.165, 1.54) is 18.9 Å². The zero-order valence-electron chi connectivity index (χ0n) is 11.3. The number of hydrogen-bond acceptors (Lipinski definition) is 2. The van der Waals surface area contributed by atoms with Crippen LogP contribution in [-0.2, 0) is 0 Å². The van der Waals surface area contributed by atoms with Crippen LogP contribution in [0.5, 0.6) is 0 Å². The van der Waals surface area contributed by atoms with E-state index in [1.807, 2.05) is 13.1 Å². The van der Waals surface area contributed by atoms with Crippen LogP contribution in [0.3, 0.4) is 0 Å². The lowest BCUT2D eigenvalue weighted by Gasteiger charge is -2.35. The summed E-state index contributed by atoms with van der Waals surface area (Å²) < 4.78 is 13.2. The van der Waals surface area contributed by atoms with Gasteiger partial charge in [-0.05, 0) is 49.3 Å². The highest BCUT2D eigenvalue weighted by atomic mass is 19.1. The molecule has 1 fully saturated rings. The van der Waals surface area contributed by atoms with E-state index in [1.54, 1.807) is 12.1 Å². The lowest BCUT2D eigenvalue weighted by atomic mass is 9.79. The quantitative estimate of drug-likeness (QED) is 0.893. The number of anilines is 1. The molecule has 1 aromatic carbocycles. The van der Waals surface area contributed by atoms with Crippen molar-refractivity contribution in [2.75, 3.05) is 18.5 Å². The Balaban J connectivity index is 2.00. The molecule has 0 aromatic heterocycles. The molecule has 0 heterocycles. The van der Waals surface area contributed by atoms with Crippen molar-refractivity contribution in [1.82, 2.24) is 0 Å². The fourth-order valence-electron chi connectivity index (χ4n) is 2.90. The molecule has 3 atom stereocenters. The highest BCUT2D eigenvalue weighted by Gasteiger charge is 2.26. The fraction of sp³-hybridized carbons (Fsp3) is 0.600. The van der Waals surface area contributed by atoms with Gasteiger partial charge in [-0.15, -0.1) is 0 Å². The van der Waals surface area contributed by atoms with E-state index in [0.29, 0.717) is 5.92 Å². The fourth-order valence-corrected chi connectivity index (χ4v) is 2.90. The van der Waals surface area contributed by atoms with Gasteiger partial charge in [-0.1, -0.05) is 13.0 Å². The first-order valence-electron chi connectivity index (χ1n) is 6.78. The molecular formula is C15H23FN2. The summed E-state index contributed by atoms with van der Waals surface area (Å²) in [6, 6.07) is 7.05. The van der Waals surface area contributed by atoms with Gasteiger partial charge < -0.3 is 10.6 Å². The van der Waals surface area contributed by atoms with Crippen LogP contribution < -0.4 is 10.6 Å². The van der Waals surface area contributed by atoms with Gasteiger partial charge in [-0.3, -0.25) is 0 Å². The van der Waals surface area contributed by atoms with E-state index < -0.39 is 0 Å². The summed E-state index contributed by atoms with van der Waals surface area (Å²) in [7, 11) is 2.01. The van der Waals surface area contributed by atoms with Crippen molar-refractivity contribution >= 4 is 5.69 Å². The van der Waals surface area contributed by atoms with E-state index >= 15 is 0 Å². The molecule has 0 amide bonds. The highest BCUT2D eigenvalue weighted by molar-refractivity contribution is 5.45. The maximum Gasteiger partial charge on any atom is 0.125 e. The molecule has 1 aliphatic rings. The third kappa shape index (κ3) is 3.22. The predicted molar refractivity (Wildman–Crippen MR) is 74.2 cm³/mol. The van der Waals surface area contributed by atoms with Crippen molar-refractivity contribution in [1.29, 1.82) is 0 Å². The lowest BCUT2D eigenvalue weighted by molar-refractivity contribution is 0.250. The number of rotatable bonds is 3. The van der Waals surface area contributed by atoms with Gasteiger partial charge >= 0.3 is 0 Å². The summed E-state index contributed by atoms with van der Waals surface area (Å²) in [6.07, 6.45) is 3.53. The van der Waals surface area contributed by atoms with E-state index in [4.69, 9.17) is 5.73 Å². The van der Waals surface area contributed by atoms with Gasteiger partial charge in [0.1, 0.15) is 5.82 Å². The molecule has 18 heavy (non-hydrogen) atoms. The Morgan fingerprint density at radius 3 is 2.89 bits per heavy atom. The molecule has 1 saturated carbocycles. The molecule has 0 aliphatic heterocycles. The second-order valence-electron chi connectivity index (χ2n) is 5.70. The Bertz CT molecular complexity index is 394. The van der Waals surface area contributed by atoms with Crippen molar-refractivity contribution in [3.63, 3.8) is 0 Å². The molecule has 0 saturated heterocycles. The third-order valence-corrected chi connectivity index (χ3v) is 4.06. The first-order chi connectivity index (χ1) is 8.56. The zero-order chi connectivity index (χ0) is 13.1. The van der Waals surface area contributed by atoms with Crippen LogP contribution in [0, 0.1) is 17.7 Å². The van der Waals surface area contributed by atoms with E-state index in [2.05, 4.69) is 11.8 Å². The largest absolute Gasteiger partial charge is 0.374 e. The topological polar surface area (TPSA) is 29.3 Å². The highest BCUT2D eigenvalue weighted by Crippen LogP contribution is 2.29. The Kier molecular flexibility index (Phi) is 4.23. The maximum atomic E-state index is 13.2. The van der Waals surface area contributed by atoms with Gasteiger partial charge in [-0.2, -0.15) is 0 Å². The van der Waals surface area contributed by atoms with Gasteiger partial charge in [0.15, 0.2) is 0 Å². The van der Waals surface area contributed by atoms with Crippen LogP contribution in [0.1, 0.15) is 26.2 Å². The minimum absolute atomic E-state index is 0.180. The van der Waals surface area contributed by atoms with Crippen LogP contribution in [0.15, 0.2) is 24.3 Å². The van der Waals surface area contributed by atoms with E-state index in [-0.39, 0.29) is 11.9 Å². The van der Waals surface area contributed by atoms with Gasteiger partial charge in [0, 0.05) is 25.3 Å². The number of halogens is 1. The molecule has 1 aliphatic carbocycles. The van der Waals surface area contributed by atoms with Crippen molar-refractivity contribution in [3.8, 4) is 0 Å². The van der Waals surface area contributed by atoms with Crippen LogP contribution in [0.2, 0.25) is 0 Å². The van der Waals surface area contributed by atoms with Gasteiger partial charge in [0.05, 0.1) is 0 Å². The minimum atomic E-state index is -0.180. The summed E-state index contributed by atoms with van der Waals surface area (Å²) in [6.45, 7) is 3.20. The van der Waals surface area contributed by atoms with Gasteiger partial charge in [-0.25, -0.2) is 4.39 Å². The predicted octanol–water partition coefficient (Wildman–Crippen LogP) is 3.03. The first kappa shape index (κ1) is 13.3. The molecule has 0 bridgehead atoms. The van der Waals surface area contributed by atoms with Gasteiger partial charge in [0.2, 0.25) is 0 Å². The van der Waals surface area contributed by atoms with E-state index in [0.717, 1.165) is 24.6 Å². The summed E-state index contributed by atoms with van der Waals surface area (Å²) in [4.78, 5) is 2.12. The summed E-state index contributed by atoms with van der Waals surface area (Å²) >= 11 is 0. The molecule has 0 radical (unpaired) electrons. The Morgan fingerprint density at radius 2 is 2.17 bits per heavy atom. The first-order valence-corrected chi connectivity index (χ1v) is 6.78. The zero-order valence-corrected chi connectivity index (χ0v) is 11.3. The number of hydrogen-bond donors (Lipinski definition) is 1. The second kappa shape index (κ2) is 5.70. The Hall–Kier alpha value is -1.09. The second-order valence-corrected chi connectivity index (χ2v) is 5.70. The smallest absolute Gasteiger partial charge is 0.125 e. The molecule has 3 heteroatoms. The SMILES string of the molecule is CC1CCC(N)C(CN(C)c2cccc(F)c2)C1. The van der Waals surface area contributed by atoms with Crippen LogP contribution in [0.25, 0.3) is 0 Å². The van der Waals surface area contributed by atoms with Gasteiger partial charge in [0.25, 0.3) is 0 Å². The number of nitrogens with two attached hydrogens (primary N) is 1. The van der Waals surface area contributed by atoms with Crippen LogP contribution >= 0.6 is 0 Å². The standard InChI is InChI=1S/C15H23FN2/c1-11-6-7-15(17)12(8-11)10-18(2)14-5-3-4-13(16)9-14/h3-5,9,11-12,15H,6-8,10,17H2,1-2H3. The molecule has 100 valence electrons. The average molecular weight is 250 g/mol.